The molecule has 23 heavy (non-hydrogen) atoms. The molecule has 1 aliphatic carbocycles. The fourth-order valence-corrected chi connectivity index (χ4v) is 2.78. The van der Waals surface area contributed by atoms with E-state index in [2.05, 4.69) is 16.6 Å². The molecule has 1 aliphatic rings. The number of terminal acetylenes is 1. The van der Waals surface area contributed by atoms with E-state index in [1.165, 1.54) is 18.2 Å². The predicted molar refractivity (Wildman–Crippen MR) is 85.7 cm³/mol. The van der Waals surface area contributed by atoms with Crippen molar-refractivity contribution in [3.8, 4) is 18.1 Å². The summed E-state index contributed by atoms with van der Waals surface area (Å²) in [7, 11) is 0. The van der Waals surface area contributed by atoms with Gasteiger partial charge >= 0.3 is 6.03 Å². The van der Waals surface area contributed by atoms with Gasteiger partial charge in [-0.05, 0) is 25.0 Å². The zero-order valence-electron chi connectivity index (χ0n) is 12.8. The number of amides is 2. The van der Waals surface area contributed by atoms with E-state index >= 15 is 0 Å². The highest BCUT2D eigenvalue weighted by atomic mass is 19.1. The average Bonchev–Trinajstić information content (AvgIpc) is 2.55. The van der Waals surface area contributed by atoms with Gasteiger partial charge in [0.05, 0.1) is 5.69 Å². The lowest BCUT2D eigenvalue weighted by Gasteiger charge is -2.30. The van der Waals surface area contributed by atoms with E-state index in [0.29, 0.717) is 5.69 Å². The number of carbonyl (C=O) groups excluding carboxylic acids is 1. The van der Waals surface area contributed by atoms with Gasteiger partial charge in [0, 0.05) is 24.6 Å². The molecule has 1 saturated carbocycles. The number of aliphatic hydroxyl groups excluding tert-OH is 1. The highest BCUT2D eigenvalue weighted by Gasteiger charge is 2.26. The van der Waals surface area contributed by atoms with Gasteiger partial charge in [-0.15, -0.1) is 6.42 Å². The van der Waals surface area contributed by atoms with Gasteiger partial charge in [0.1, 0.15) is 18.2 Å². The van der Waals surface area contributed by atoms with Crippen LogP contribution < -0.4 is 15.4 Å². The number of hydrogen-bond acceptors (Lipinski definition) is 3. The Hall–Kier alpha value is -2.26. The molecule has 0 radical (unpaired) electrons. The van der Waals surface area contributed by atoms with Gasteiger partial charge in [0.25, 0.3) is 0 Å². The largest absolute Gasteiger partial charge is 0.479 e. The third kappa shape index (κ3) is 4.86. The first-order valence-corrected chi connectivity index (χ1v) is 7.68. The first-order valence-electron chi connectivity index (χ1n) is 7.68. The molecule has 2 amide bonds. The number of rotatable bonds is 5. The highest BCUT2D eigenvalue weighted by molar-refractivity contribution is 5.91. The summed E-state index contributed by atoms with van der Waals surface area (Å²) in [6.07, 6.45) is 8.95. The molecule has 1 aromatic carbocycles. The Balaban J connectivity index is 2.00. The maximum atomic E-state index is 13.3. The van der Waals surface area contributed by atoms with Gasteiger partial charge in [0.2, 0.25) is 0 Å². The normalized spacial score (nSPS) is 20.4. The summed E-state index contributed by atoms with van der Waals surface area (Å²) in [6, 6.07) is 3.35. The second kappa shape index (κ2) is 8.39. The van der Waals surface area contributed by atoms with Crippen molar-refractivity contribution in [1.29, 1.82) is 0 Å². The molecule has 5 nitrogen and oxygen atoms in total. The number of nitrogens with one attached hydrogen (secondary N) is 2. The van der Waals surface area contributed by atoms with E-state index in [1.54, 1.807) is 0 Å². The summed E-state index contributed by atoms with van der Waals surface area (Å²) in [5.74, 6) is 2.07. The van der Waals surface area contributed by atoms with Crippen LogP contribution in [-0.2, 0) is 0 Å². The summed E-state index contributed by atoms with van der Waals surface area (Å²) < 4.78 is 18.5. The van der Waals surface area contributed by atoms with Gasteiger partial charge < -0.3 is 20.5 Å². The van der Waals surface area contributed by atoms with Gasteiger partial charge in [-0.25, -0.2) is 9.18 Å². The molecule has 2 unspecified atom stereocenters. The fraction of sp³-hybridized carbons (Fsp3) is 0.471. The standard InChI is InChI=1S/C17H21FN2O3/c1-2-9-23-16-10-13(18)7-8-15(16)20-17(22)19-14-6-4-3-5-12(14)11-21/h1,7-8,10,12,14,21H,3-6,9,11H2,(H2,19,20,22). The van der Waals surface area contributed by atoms with Crippen molar-refractivity contribution in [3.63, 3.8) is 0 Å². The number of halogens is 1. The zero-order valence-corrected chi connectivity index (χ0v) is 12.8. The molecule has 0 saturated heterocycles. The Labute approximate surface area is 135 Å². The minimum absolute atomic E-state index is 0.0189. The number of benzene rings is 1. The zero-order chi connectivity index (χ0) is 16.7. The van der Waals surface area contributed by atoms with Crippen LogP contribution in [0.15, 0.2) is 18.2 Å². The number of aliphatic hydroxyl groups is 1. The second-order valence-electron chi connectivity index (χ2n) is 5.57. The van der Waals surface area contributed by atoms with Crippen LogP contribution in [0.25, 0.3) is 0 Å². The smallest absolute Gasteiger partial charge is 0.319 e. The van der Waals surface area contributed by atoms with Crippen LogP contribution in [0.2, 0.25) is 0 Å². The van der Waals surface area contributed by atoms with Crippen LogP contribution in [0, 0.1) is 24.1 Å². The third-order valence-corrected chi connectivity index (χ3v) is 3.96. The molecule has 0 heterocycles. The van der Waals surface area contributed by atoms with E-state index in [-0.39, 0.29) is 30.9 Å². The number of urea groups is 1. The Morgan fingerprint density at radius 2 is 2.22 bits per heavy atom. The van der Waals surface area contributed by atoms with Crippen LogP contribution >= 0.6 is 0 Å². The number of carbonyl (C=O) groups is 1. The van der Waals surface area contributed by atoms with Crippen LogP contribution in [-0.4, -0.2) is 30.4 Å². The topological polar surface area (TPSA) is 70.6 Å². The van der Waals surface area contributed by atoms with Crippen molar-refractivity contribution >= 4 is 11.7 Å². The Kier molecular flexibility index (Phi) is 6.24. The summed E-state index contributed by atoms with van der Waals surface area (Å²) in [4.78, 5) is 12.2. The molecular formula is C17H21FN2O3. The molecule has 124 valence electrons. The van der Waals surface area contributed by atoms with Gasteiger partial charge in [0.15, 0.2) is 0 Å². The van der Waals surface area contributed by atoms with E-state index in [4.69, 9.17) is 11.2 Å². The molecule has 0 aliphatic heterocycles. The lowest BCUT2D eigenvalue weighted by molar-refractivity contribution is 0.156. The Morgan fingerprint density at radius 1 is 1.43 bits per heavy atom. The third-order valence-electron chi connectivity index (χ3n) is 3.96. The van der Waals surface area contributed by atoms with Crippen molar-refractivity contribution in [2.24, 2.45) is 5.92 Å². The highest BCUT2D eigenvalue weighted by Crippen LogP contribution is 2.26. The SMILES string of the molecule is C#CCOc1cc(F)ccc1NC(=O)NC1CCCCC1CO. The first kappa shape index (κ1) is 17.1. The van der Waals surface area contributed by atoms with E-state index in [0.717, 1.165) is 25.7 Å². The molecule has 2 atom stereocenters. The van der Waals surface area contributed by atoms with Crippen molar-refractivity contribution in [2.75, 3.05) is 18.5 Å². The lowest BCUT2D eigenvalue weighted by atomic mass is 9.85. The molecule has 1 fully saturated rings. The minimum atomic E-state index is -0.476. The van der Waals surface area contributed by atoms with Gasteiger partial charge in [-0.3, -0.25) is 0 Å². The Bertz CT molecular complexity index is 586. The van der Waals surface area contributed by atoms with Crippen molar-refractivity contribution in [1.82, 2.24) is 5.32 Å². The van der Waals surface area contributed by atoms with Crippen molar-refractivity contribution in [3.05, 3.63) is 24.0 Å². The molecule has 0 spiro atoms. The van der Waals surface area contributed by atoms with E-state index in [1.807, 2.05) is 0 Å². The molecule has 1 aromatic rings. The van der Waals surface area contributed by atoms with Gasteiger partial charge in [-0.2, -0.15) is 0 Å². The number of ether oxygens (including phenoxy) is 1. The fourth-order valence-electron chi connectivity index (χ4n) is 2.78. The van der Waals surface area contributed by atoms with Crippen molar-refractivity contribution in [2.45, 2.75) is 31.7 Å². The van der Waals surface area contributed by atoms with Crippen LogP contribution in [0.1, 0.15) is 25.7 Å². The maximum absolute atomic E-state index is 13.3. The van der Waals surface area contributed by atoms with E-state index in [9.17, 15) is 14.3 Å². The van der Waals surface area contributed by atoms with Crippen molar-refractivity contribution < 1.29 is 19.0 Å². The van der Waals surface area contributed by atoms with Gasteiger partial charge in [-0.1, -0.05) is 18.8 Å². The second-order valence-corrected chi connectivity index (χ2v) is 5.57. The van der Waals surface area contributed by atoms with Crippen LogP contribution in [0.4, 0.5) is 14.9 Å². The quantitative estimate of drug-likeness (QED) is 0.730. The summed E-state index contributed by atoms with van der Waals surface area (Å²) in [5, 5.41) is 14.9. The predicted octanol–water partition coefficient (Wildman–Crippen LogP) is 2.51. The first-order chi connectivity index (χ1) is 11.1. The summed E-state index contributed by atoms with van der Waals surface area (Å²) >= 11 is 0. The Morgan fingerprint density at radius 3 is 2.96 bits per heavy atom. The molecule has 0 aromatic heterocycles. The molecule has 6 heteroatoms. The average molecular weight is 320 g/mol. The summed E-state index contributed by atoms with van der Waals surface area (Å²) in [6.45, 7) is 0.0347. The molecule has 2 rings (SSSR count). The summed E-state index contributed by atoms with van der Waals surface area (Å²) in [5.41, 5.74) is 0.343. The number of hydrogen-bond donors (Lipinski definition) is 3. The van der Waals surface area contributed by atoms with Crippen LogP contribution in [0.5, 0.6) is 5.75 Å². The lowest BCUT2D eigenvalue weighted by Crippen LogP contribution is -2.45. The maximum Gasteiger partial charge on any atom is 0.319 e. The molecule has 0 bridgehead atoms. The van der Waals surface area contributed by atoms with E-state index < -0.39 is 11.8 Å². The number of anilines is 1. The minimum Gasteiger partial charge on any atom is -0.479 e. The molecular weight excluding hydrogens is 299 g/mol. The van der Waals surface area contributed by atoms with Crippen LogP contribution in [0.3, 0.4) is 0 Å². The monoisotopic (exact) mass is 320 g/mol. The molecule has 3 N–H and O–H groups in total.